The number of rotatable bonds is 4. The molecule has 3 aromatic rings. The molecular weight excluding hydrogens is 538 g/mol. The van der Waals surface area contributed by atoms with Crippen LogP contribution in [-0.4, -0.2) is 108 Å². The fraction of sp³-hybridized carbons (Fsp3) is 0.393. The van der Waals surface area contributed by atoms with Crippen LogP contribution < -0.4 is 4.74 Å². The zero-order chi connectivity index (χ0) is 31.8. The number of likely N-dealkylation sites (N-methyl/N-ethyl adjacent to an activating group) is 1. The van der Waals surface area contributed by atoms with Crippen molar-refractivity contribution in [3.8, 4) is 11.5 Å². The lowest BCUT2D eigenvalue weighted by Crippen LogP contribution is -2.62. The second-order valence-electron chi connectivity index (χ2n) is 10.4. The Bertz CT molecular complexity index is 1680. The predicted molar refractivity (Wildman–Crippen MR) is 140 cm³/mol. The molecule has 0 spiro atoms. The number of ether oxygens (including phenoxy) is 2. The smallest absolute Gasteiger partial charge is 0.335 e. The van der Waals surface area contributed by atoms with Crippen molar-refractivity contribution >= 4 is 28.7 Å². The molecule has 41 heavy (non-hydrogen) atoms. The maximum absolute atomic E-state index is 13.7. The van der Waals surface area contributed by atoms with E-state index in [0.717, 1.165) is 5.39 Å². The number of phenolic OH excluding ortho intramolecular Hbond substituents is 1. The molecule has 0 saturated carbocycles. The maximum atomic E-state index is 13.7. The van der Waals surface area contributed by atoms with Crippen molar-refractivity contribution < 1.29 is 53.5 Å². The highest BCUT2D eigenvalue weighted by molar-refractivity contribution is 5.97. The van der Waals surface area contributed by atoms with E-state index in [1.54, 1.807) is 6.92 Å². The minimum atomic E-state index is -2.84. The Morgan fingerprint density at radius 3 is 2.63 bits per heavy atom. The van der Waals surface area contributed by atoms with Gasteiger partial charge in [0.1, 0.15) is 24.4 Å². The molecule has 6 N–H and O–H groups in total. The first-order chi connectivity index (χ1) is 20.7. The van der Waals surface area contributed by atoms with Crippen LogP contribution in [0.1, 0.15) is 32.5 Å². The normalized spacial score (nSPS) is 31.2. The molecule has 13 heteroatoms. The van der Waals surface area contributed by atoms with Crippen LogP contribution in [0.2, 0.25) is 0 Å². The summed E-state index contributed by atoms with van der Waals surface area (Å²) < 4.78 is 34.3. The number of carbonyl (C=O) groups excluding carboxylic acids is 2. The summed E-state index contributed by atoms with van der Waals surface area (Å²) >= 11 is 0. The van der Waals surface area contributed by atoms with Crippen molar-refractivity contribution in [3.63, 3.8) is 0 Å². The Morgan fingerprint density at radius 2 is 1.90 bits per heavy atom. The van der Waals surface area contributed by atoms with Gasteiger partial charge in [0.15, 0.2) is 17.6 Å². The number of H-pyrrole nitrogens is 1. The molecule has 0 aliphatic carbocycles. The summed E-state index contributed by atoms with van der Waals surface area (Å²) in [5.41, 5.74) is 2.78. The van der Waals surface area contributed by atoms with Crippen LogP contribution in [0.3, 0.4) is 0 Å². The number of nitrogens with zero attached hydrogens (tertiary/aromatic N) is 2. The zero-order valence-corrected chi connectivity index (χ0v) is 21.6. The highest BCUT2D eigenvalue weighted by atomic mass is 16.7. The highest BCUT2D eigenvalue weighted by Gasteiger charge is 2.50. The second-order valence-corrected chi connectivity index (χ2v) is 10.4. The van der Waals surface area contributed by atoms with E-state index < -0.39 is 79.8 Å². The largest absolute Gasteiger partial charge is 0.504 e. The van der Waals surface area contributed by atoms with Crippen molar-refractivity contribution in [2.75, 3.05) is 13.5 Å². The van der Waals surface area contributed by atoms with Crippen molar-refractivity contribution in [3.05, 3.63) is 58.8 Å². The molecule has 2 aromatic carbocycles. The third kappa shape index (κ3) is 4.20. The average molecular weight is 571 g/mol. The Morgan fingerprint density at radius 1 is 1.15 bits per heavy atom. The topological polar surface area (TPSA) is 193 Å². The van der Waals surface area contributed by atoms with Gasteiger partial charge in [-0.2, -0.15) is 0 Å². The quantitative estimate of drug-likeness (QED) is 0.244. The number of hydrogen-bond donors (Lipinski definition) is 6. The number of para-hydroxylation sites is 1. The van der Waals surface area contributed by atoms with Gasteiger partial charge in [-0.05, 0) is 41.8 Å². The van der Waals surface area contributed by atoms with Crippen molar-refractivity contribution in [2.24, 2.45) is 0 Å². The summed E-state index contributed by atoms with van der Waals surface area (Å²) in [5, 5.41) is 51.7. The number of amides is 2. The SMILES string of the molecule is [2H]C([2H])([2H])N1CC(=O)N2[C@H](c3cc(O[C@@H]4O[C@H](C(=O)O)[C@@H](O)[C@H](O)[C@H]4O)c(O)cc3C)c3[nH]c4ccccc4c3C[C@@H]2C1=O. The summed E-state index contributed by atoms with van der Waals surface area (Å²) in [6.07, 6.45) is -9.54. The molecule has 0 unspecified atom stereocenters. The molecule has 216 valence electrons. The molecule has 0 radical (unpaired) electrons. The van der Waals surface area contributed by atoms with E-state index in [1.165, 1.54) is 17.0 Å². The lowest BCUT2D eigenvalue weighted by Gasteiger charge is -2.46. The third-order valence-corrected chi connectivity index (χ3v) is 7.96. The summed E-state index contributed by atoms with van der Waals surface area (Å²) in [6, 6.07) is 7.77. The molecule has 1 aromatic heterocycles. The van der Waals surface area contributed by atoms with Crippen LogP contribution in [-0.2, 0) is 25.5 Å². The Kier molecular flexibility index (Phi) is 5.58. The predicted octanol–water partition coefficient (Wildman–Crippen LogP) is -0.232. The summed E-state index contributed by atoms with van der Waals surface area (Å²) in [7, 11) is 0. The van der Waals surface area contributed by atoms with E-state index in [-0.39, 0.29) is 12.2 Å². The molecule has 13 nitrogen and oxygen atoms in total. The number of hydrogen-bond acceptors (Lipinski definition) is 9. The molecule has 2 saturated heterocycles. The standard InChI is InChI=1S/C28H29N3O10/c1-11-7-17(32)18(40-28-24(36)22(34)23(35)25(41-28)27(38)39)9-13(11)21-20-14(12-5-3-4-6-15(12)29-20)8-16-26(37)30(2)10-19(33)31(16)21/h3-7,9,16,21-25,28-29,32,34-36H,8,10H2,1-2H3,(H,38,39)/t16-,21-,22+,23+,24-,25+,28-/m1/s1/i2D3. The van der Waals surface area contributed by atoms with E-state index in [1.807, 2.05) is 24.3 Å². The number of aliphatic carboxylic acids is 1. The number of aliphatic hydroxyl groups is 3. The molecule has 3 aliphatic heterocycles. The van der Waals surface area contributed by atoms with E-state index in [4.69, 9.17) is 13.6 Å². The molecule has 2 amide bonds. The fourth-order valence-electron chi connectivity index (χ4n) is 5.94. The second kappa shape index (κ2) is 9.73. The number of aromatic amines is 1. The van der Waals surface area contributed by atoms with Gasteiger partial charge in [-0.25, -0.2) is 4.79 Å². The van der Waals surface area contributed by atoms with Crippen LogP contribution in [0.4, 0.5) is 0 Å². The Hall–Kier alpha value is -4.17. The number of aryl methyl sites for hydroxylation is 1. The number of aromatic hydroxyl groups is 1. The fourth-order valence-corrected chi connectivity index (χ4v) is 5.94. The van der Waals surface area contributed by atoms with E-state index in [0.29, 0.717) is 32.8 Å². The van der Waals surface area contributed by atoms with Crippen LogP contribution >= 0.6 is 0 Å². The number of phenols is 1. The lowest BCUT2D eigenvalue weighted by molar-refractivity contribution is -0.271. The molecule has 0 bridgehead atoms. The van der Waals surface area contributed by atoms with Gasteiger partial charge in [0.05, 0.1) is 12.6 Å². The minimum Gasteiger partial charge on any atom is -0.504 e. The monoisotopic (exact) mass is 570 g/mol. The Labute approximate surface area is 237 Å². The number of carbonyl (C=O) groups is 3. The van der Waals surface area contributed by atoms with Gasteiger partial charge in [0, 0.05) is 34.1 Å². The average Bonchev–Trinajstić information content (AvgIpc) is 3.33. The number of nitrogens with one attached hydrogen (secondary N) is 1. The van der Waals surface area contributed by atoms with Gasteiger partial charge in [-0.15, -0.1) is 0 Å². The number of carboxylic acids is 1. The van der Waals surface area contributed by atoms with E-state index in [2.05, 4.69) is 4.98 Å². The highest BCUT2D eigenvalue weighted by Crippen LogP contribution is 2.45. The lowest BCUT2D eigenvalue weighted by atomic mass is 9.85. The van der Waals surface area contributed by atoms with Crippen molar-refractivity contribution in [1.82, 2.24) is 14.8 Å². The van der Waals surface area contributed by atoms with Gasteiger partial charge in [0.25, 0.3) is 0 Å². The van der Waals surface area contributed by atoms with Crippen LogP contribution in [0.15, 0.2) is 36.4 Å². The first-order valence-electron chi connectivity index (χ1n) is 14.3. The van der Waals surface area contributed by atoms with Gasteiger partial charge in [-0.3, -0.25) is 9.59 Å². The molecule has 7 atom stereocenters. The molecular formula is C28H29N3O10. The molecule has 6 rings (SSSR count). The summed E-state index contributed by atoms with van der Waals surface area (Å²) in [5.74, 6) is -3.76. The van der Waals surface area contributed by atoms with Gasteiger partial charge in [-0.1, -0.05) is 18.2 Å². The molecule has 3 aliphatic rings. The number of piperazine rings is 1. The number of aromatic nitrogens is 1. The van der Waals surface area contributed by atoms with Crippen molar-refractivity contribution in [2.45, 2.75) is 56.1 Å². The number of carboxylic acid groups (broad SMARTS) is 1. The summed E-state index contributed by atoms with van der Waals surface area (Å²) in [4.78, 5) is 44.1. The van der Waals surface area contributed by atoms with Crippen molar-refractivity contribution in [1.29, 1.82) is 0 Å². The van der Waals surface area contributed by atoms with Crippen LogP contribution in [0.25, 0.3) is 10.9 Å². The van der Waals surface area contributed by atoms with E-state index in [9.17, 15) is 39.9 Å². The van der Waals surface area contributed by atoms with Crippen LogP contribution in [0.5, 0.6) is 11.5 Å². The first kappa shape index (κ1) is 23.5. The molecule has 4 heterocycles. The molecule has 2 fully saturated rings. The number of benzene rings is 2. The Balaban J connectivity index is 1.47. The zero-order valence-electron chi connectivity index (χ0n) is 24.6. The van der Waals surface area contributed by atoms with E-state index >= 15 is 0 Å². The van der Waals surface area contributed by atoms with Gasteiger partial charge >= 0.3 is 5.97 Å². The van der Waals surface area contributed by atoms with Gasteiger partial charge in [0.2, 0.25) is 18.1 Å². The van der Waals surface area contributed by atoms with Crippen LogP contribution in [0, 0.1) is 6.92 Å². The first-order valence-corrected chi connectivity index (χ1v) is 12.8. The minimum absolute atomic E-state index is 0.0480. The summed E-state index contributed by atoms with van der Waals surface area (Å²) in [6.45, 7) is -1.88. The maximum Gasteiger partial charge on any atom is 0.335 e. The van der Waals surface area contributed by atoms with Gasteiger partial charge < -0.3 is 49.8 Å². The third-order valence-electron chi connectivity index (χ3n) is 7.96. The number of fused-ring (bicyclic) bond motifs is 4. The number of aliphatic hydroxyl groups excluding tert-OH is 3.